The van der Waals surface area contributed by atoms with E-state index in [-0.39, 0.29) is 0 Å². The minimum absolute atomic E-state index is 0.803. The van der Waals surface area contributed by atoms with Crippen LogP contribution < -0.4 is 10.6 Å². The Kier molecular flexibility index (Phi) is 10.7. The first kappa shape index (κ1) is 18.9. The number of hydrogen-bond donors (Lipinski definition) is 2. The first-order valence-electron chi connectivity index (χ1n) is 7.98. The lowest BCUT2D eigenvalue weighted by atomic mass is 10.3. The smallest absolute Gasteiger partial charge is 0.191 e. The van der Waals surface area contributed by atoms with Crippen LogP contribution in [0.4, 0.5) is 0 Å². The molecule has 0 aromatic carbocycles. The van der Waals surface area contributed by atoms with E-state index in [2.05, 4.69) is 52.0 Å². The van der Waals surface area contributed by atoms with Crippen molar-refractivity contribution in [3.8, 4) is 0 Å². The lowest BCUT2D eigenvalue weighted by Gasteiger charge is -2.16. The molecule has 0 bridgehead atoms. The van der Waals surface area contributed by atoms with Crippen molar-refractivity contribution in [3.63, 3.8) is 0 Å². The van der Waals surface area contributed by atoms with Crippen LogP contribution in [-0.4, -0.2) is 64.3 Å². The molecule has 0 amide bonds. The molecule has 0 spiro atoms. The minimum atomic E-state index is 0.803. The Balaban J connectivity index is 2.22. The summed E-state index contributed by atoms with van der Waals surface area (Å²) in [4.78, 5) is 8.32. The Hall–Kier alpha value is -1.11. The van der Waals surface area contributed by atoms with Crippen molar-refractivity contribution in [3.05, 3.63) is 22.4 Å². The van der Waals surface area contributed by atoms with Crippen LogP contribution in [0, 0.1) is 0 Å². The van der Waals surface area contributed by atoms with Crippen molar-refractivity contribution < 1.29 is 4.74 Å². The van der Waals surface area contributed by atoms with Crippen molar-refractivity contribution in [2.75, 3.05) is 53.5 Å². The Morgan fingerprint density at radius 3 is 2.91 bits per heavy atom. The second-order valence-corrected chi connectivity index (χ2v) is 6.20. The first-order valence-corrected chi connectivity index (χ1v) is 8.86. The fourth-order valence-corrected chi connectivity index (χ4v) is 2.73. The predicted molar refractivity (Wildman–Crippen MR) is 96.0 cm³/mol. The van der Waals surface area contributed by atoms with Crippen molar-refractivity contribution >= 4 is 17.3 Å². The van der Waals surface area contributed by atoms with E-state index < -0.39 is 0 Å². The zero-order chi connectivity index (χ0) is 16.0. The van der Waals surface area contributed by atoms with E-state index in [9.17, 15) is 0 Å². The molecule has 0 unspecified atom stereocenters. The van der Waals surface area contributed by atoms with Crippen LogP contribution >= 0.6 is 11.3 Å². The first-order chi connectivity index (χ1) is 10.8. The number of thiophene rings is 1. The molecule has 22 heavy (non-hydrogen) atoms. The lowest BCUT2D eigenvalue weighted by Crippen LogP contribution is -2.38. The molecule has 0 radical (unpaired) electrons. The zero-order valence-corrected chi connectivity index (χ0v) is 14.9. The zero-order valence-electron chi connectivity index (χ0n) is 14.1. The van der Waals surface area contributed by atoms with Crippen LogP contribution in [0.15, 0.2) is 22.5 Å². The van der Waals surface area contributed by atoms with Crippen LogP contribution in [0.1, 0.15) is 18.2 Å². The number of aliphatic imine (C=N–C) groups is 1. The van der Waals surface area contributed by atoms with Gasteiger partial charge in [0.25, 0.3) is 0 Å². The number of ether oxygens (including phenoxy) is 1. The summed E-state index contributed by atoms with van der Waals surface area (Å²) in [6, 6.07) is 4.27. The van der Waals surface area contributed by atoms with Crippen molar-refractivity contribution in [1.29, 1.82) is 0 Å². The van der Waals surface area contributed by atoms with E-state index in [4.69, 9.17) is 4.74 Å². The van der Waals surface area contributed by atoms with Crippen molar-refractivity contribution in [1.82, 2.24) is 15.5 Å². The van der Waals surface area contributed by atoms with Gasteiger partial charge in [-0.3, -0.25) is 4.99 Å². The number of nitrogens with zero attached hydrogens (tertiary/aromatic N) is 2. The van der Waals surface area contributed by atoms with E-state index in [1.165, 1.54) is 4.88 Å². The van der Waals surface area contributed by atoms with E-state index in [0.717, 1.165) is 58.1 Å². The van der Waals surface area contributed by atoms with Gasteiger partial charge < -0.3 is 20.3 Å². The summed E-state index contributed by atoms with van der Waals surface area (Å²) in [7, 11) is 3.87. The highest BCUT2D eigenvalue weighted by atomic mass is 32.1. The number of hydrogen-bond acceptors (Lipinski definition) is 4. The molecule has 1 aromatic rings. The van der Waals surface area contributed by atoms with Crippen molar-refractivity contribution in [2.24, 2.45) is 4.99 Å². The van der Waals surface area contributed by atoms with Crippen LogP contribution in [-0.2, 0) is 11.2 Å². The molecule has 6 heteroatoms. The fraction of sp³-hybridized carbons (Fsp3) is 0.688. The topological polar surface area (TPSA) is 48.9 Å². The number of rotatable bonds is 11. The van der Waals surface area contributed by atoms with Gasteiger partial charge in [-0.05, 0) is 38.3 Å². The van der Waals surface area contributed by atoms with Gasteiger partial charge in [0.1, 0.15) is 0 Å². The SMILES string of the molecule is CCNC(=NCCN(C)CCCOC)NCCc1cccs1. The van der Waals surface area contributed by atoms with Gasteiger partial charge >= 0.3 is 0 Å². The quantitative estimate of drug-likeness (QED) is 0.370. The van der Waals surface area contributed by atoms with Gasteiger partial charge in [-0.25, -0.2) is 0 Å². The van der Waals surface area contributed by atoms with Gasteiger partial charge in [-0.2, -0.15) is 0 Å². The molecule has 0 saturated carbocycles. The summed E-state index contributed by atoms with van der Waals surface area (Å²) in [5.74, 6) is 0.907. The molecule has 0 saturated heterocycles. The summed E-state index contributed by atoms with van der Waals surface area (Å²) in [6.07, 6.45) is 2.11. The number of guanidine groups is 1. The van der Waals surface area contributed by atoms with Crippen LogP contribution in [0.3, 0.4) is 0 Å². The second-order valence-electron chi connectivity index (χ2n) is 5.17. The normalized spacial score (nSPS) is 11.9. The molecule has 1 rings (SSSR count). The largest absolute Gasteiger partial charge is 0.385 e. The average Bonchev–Trinajstić information content (AvgIpc) is 3.01. The maximum atomic E-state index is 5.07. The summed E-state index contributed by atoms with van der Waals surface area (Å²) >= 11 is 1.80. The van der Waals surface area contributed by atoms with Gasteiger partial charge in [-0.15, -0.1) is 11.3 Å². The molecule has 0 aliphatic carbocycles. The van der Waals surface area contributed by atoms with E-state index in [0.29, 0.717) is 0 Å². The molecule has 0 aliphatic rings. The minimum Gasteiger partial charge on any atom is -0.385 e. The Bertz CT molecular complexity index is 395. The van der Waals surface area contributed by atoms with Gasteiger partial charge in [0.2, 0.25) is 0 Å². The molecule has 5 nitrogen and oxygen atoms in total. The summed E-state index contributed by atoms with van der Waals surface area (Å²) in [5, 5.41) is 8.80. The van der Waals surface area contributed by atoms with Crippen LogP contribution in [0.5, 0.6) is 0 Å². The molecule has 126 valence electrons. The monoisotopic (exact) mass is 326 g/mol. The highest BCUT2D eigenvalue weighted by Crippen LogP contribution is 2.07. The highest BCUT2D eigenvalue weighted by molar-refractivity contribution is 7.09. The van der Waals surface area contributed by atoms with Crippen LogP contribution in [0.25, 0.3) is 0 Å². The Morgan fingerprint density at radius 1 is 1.36 bits per heavy atom. The summed E-state index contributed by atoms with van der Waals surface area (Å²) < 4.78 is 5.07. The lowest BCUT2D eigenvalue weighted by molar-refractivity contribution is 0.180. The third kappa shape index (κ3) is 9.02. The molecule has 1 heterocycles. The van der Waals surface area contributed by atoms with E-state index >= 15 is 0 Å². The standard InChI is InChI=1S/C16H30N4OS/c1-4-17-16(18-9-8-15-7-5-14-22-15)19-10-12-20(2)11-6-13-21-3/h5,7,14H,4,6,8-13H2,1-3H3,(H2,17,18,19). The number of likely N-dealkylation sites (N-methyl/N-ethyl adjacent to an activating group) is 1. The van der Waals surface area contributed by atoms with Gasteiger partial charge in [0.05, 0.1) is 6.54 Å². The third-order valence-corrected chi connectivity index (χ3v) is 4.16. The molecular formula is C16H30N4OS. The van der Waals surface area contributed by atoms with Gasteiger partial charge in [-0.1, -0.05) is 6.07 Å². The number of methoxy groups -OCH3 is 1. The maximum absolute atomic E-state index is 5.07. The molecular weight excluding hydrogens is 296 g/mol. The van der Waals surface area contributed by atoms with Crippen LogP contribution in [0.2, 0.25) is 0 Å². The average molecular weight is 327 g/mol. The molecule has 1 aromatic heterocycles. The second kappa shape index (κ2) is 12.4. The maximum Gasteiger partial charge on any atom is 0.191 e. The van der Waals surface area contributed by atoms with Gasteiger partial charge in [0.15, 0.2) is 5.96 Å². The fourth-order valence-electron chi connectivity index (χ4n) is 2.02. The molecule has 0 aliphatic heterocycles. The Labute approximate surface area is 138 Å². The van der Waals surface area contributed by atoms with E-state index in [1.807, 2.05) is 0 Å². The summed E-state index contributed by atoms with van der Waals surface area (Å²) in [6.45, 7) is 7.52. The Morgan fingerprint density at radius 2 is 2.23 bits per heavy atom. The number of nitrogens with one attached hydrogen (secondary N) is 2. The third-order valence-electron chi connectivity index (χ3n) is 3.23. The van der Waals surface area contributed by atoms with Crippen molar-refractivity contribution in [2.45, 2.75) is 19.8 Å². The van der Waals surface area contributed by atoms with Gasteiger partial charge in [0, 0.05) is 44.8 Å². The highest BCUT2D eigenvalue weighted by Gasteiger charge is 2.00. The molecule has 0 atom stereocenters. The van der Waals surface area contributed by atoms with E-state index in [1.54, 1.807) is 18.4 Å². The molecule has 0 fully saturated rings. The summed E-state index contributed by atoms with van der Waals surface area (Å²) in [5.41, 5.74) is 0. The predicted octanol–water partition coefficient (Wildman–Crippen LogP) is 1.81. The molecule has 2 N–H and O–H groups in total.